The van der Waals surface area contributed by atoms with Gasteiger partial charge in [-0.1, -0.05) is 5.92 Å². The van der Waals surface area contributed by atoms with Crippen molar-refractivity contribution in [1.29, 1.82) is 0 Å². The zero-order chi connectivity index (χ0) is 10.8. The summed E-state index contributed by atoms with van der Waals surface area (Å²) in [5.41, 5.74) is -0.662. The summed E-state index contributed by atoms with van der Waals surface area (Å²) in [6.45, 7) is 3.48. The summed E-state index contributed by atoms with van der Waals surface area (Å²) < 4.78 is 0. The van der Waals surface area contributed by atoms with Gasteiger partial charge < -0.3 is 10.6 Å². The zero-order valence-corrected chi connectivity index (χ0v) is 8.39. The van der Waals surface area contributed by atoms with Crippen LogP contribution in [-0.4, -0.2) is 23.4 Å². The van der Waals surface area contributed by atoms with Crippen LogP contribution in [0.5, 0.6) is 0 Å². The third-order valence-electron chi connectivity index (χ3n) is 2.11. The molecule has 1 heterocycles. The summed E-state index contributed by atoms with van der Waals surface area (Å²) in [7, 11) is 0. The first-order chi connectivity index (χ1) is 6.44. The highest BCUT2D eigenvalue weighted by Crippen LogP contribution is 2.08. The molecule has 0 saturated carbocycles. The van der Waals surface area contributed by atoms with Crippen molar-refractivity contribution in [3.05, 3.63) is 0 Å². The van der Waals surface area contributed by atoms with Crippen molar-refractivity contribution in [1.82, 2.24) is 10.6 Å². The molecule has 1 aliphatic rings. The van der Waals surface area contributed by atoms with Crippen LogP contribution < -0.4 is 10.6 Å². The largest absolute Gasteiger partial charge is 0.344 e. The number of hydrogen-bond donors (Lipinski definition) is 2. The third kappa shape index (κ3) is 2.49. The van der Waals surface area contributed by atoms with Gasteiger partial charge in [0, 0.05) is 6.42 Å². The van der Waals surface area contributed by atoms with E-state index in [2.05, 4.69) is 16.6 Å². The lowest BCUT2D eigenvalue weighted by atomic mass is 10.1. The van der Waals surface area contributed by atoms with Gasteiger partial charge in [-0.3, -0.25) is 9.59 Å². The first-order valence-electron chi connectivity index (χ1n) is 4.54. The van der Waals surface area contributed by atoms with Crippen LogP contribution in [0.15, 0.2) is 0 Å². The van der Waals surface area contributed by atoms with Crippen LogP contribution >= 0.6 is 0 Å². The van der Waals surface area contributed by atoms with E-state index in [9.17, 15) is 9.59 Å². The third-order valence-corrected chi connectivity index (χ3v) is 2.11. The van der Waals surface area contributed by atoms with Gasteiger partial charge in [-0.15, -0.1) is 6.42 Å². The lowest BCUT2D eigenvalue weighted by Gasteiger charge is -2.21. The molecule has 1 saturated heterocycles. The van der Waals surface area contributed by atoms with Crippen LogP contribution in [-0.2, 0) is 9.59 Å². The van der Waals surface area contributed by atoms with Gasteiger partial charge in [-0.05, 0) is 20.3 Å². The molecule has 0 aromatic carbocycles. The minimum absolute atomic E-state index is 0.0799. The SMILES string of the molecule is C#CC(C)(C)NC(=O)[C@@H]1CCC(=O)N1. The second-order valence-corrected chi connectivity index (χ2v) is 3.92. The van der Waals surface area contributed by atoms with E-state index in [0.717, 1.165) is 0 Å². The van der Waals surface area contributed by atoms with Crippen LogP contribution in [0.2, 0.25) is 0 Å². The van der Waals surface area contributed by atoms with Gasteiger partial charge in [-0.25, -0.2) is 0 Å². The summed E-state index contributed by atoms with van der Waals surface area (Å²) >= 11 is 0. The number of carbonyl (C=O) groups excluding carboxylic acids is 2. The maximum absolute atomic E-state index is 11.5. The Morgan fingerprint density at radius 3 is 2.79 bits per heavy atom. The molecule has 4 nitrogen and oxygen atoms in total. The van der Waals surface area contributed by atoms with Gasteiger partial charge in [0.2, 0.25) is 11.8 Å². The molecule has 76 valence electrons. The smallest absolute Gasteiger partial charge is 0.243 e. The maximum Gasteiger partial charge on any atom is 0.243 e. The number of rotatable bonds is 2. The minimum atomic E-state index is -0.662. The molecule has 1 aliphatic heterocycles. The van der Waals surface area contributed by atoms with Gasteiger partial charge in [0.05, 0.1) is 5.54 Å². The molecular weight excluding hydrogens is 180 g/mol. The van der Waals surface area contributed by atoms with Crippen molar-refractivity contribution < 1.29 is 9.59 Å². The Balaban J connectivity index is 2.52. The second kappa shape index (κ2) is 3.70. The molecule has 14 heavy (non-hydrogen) atoms. The van der Waals surface area contributed by atoms with Crippen molar-refractivity contribution >= 4 is 11.8 Å². The molecule has 0 spiro atoms. The number of amides is 2. The van der Waals surface area contributed by atoms with Gasteiger partial charge in [0.1, 0.15) is 6.04 Å². The number of nitrogens with one attached hydrogen (secondary N) is 2. The summed E-state index contributed by atoms with van der Waals surface area (Å²) in [5, 5.41) is 5.26. The lowest BCUT2D eigenvalue weighted by molar-refractivity contribution is -0.126. The van der Waals surface area contributed by atoms with E-state index in [4.69, 9.17) is 6.42 Å². The number of terminal acetylenes is 1. The Bertz CT molecular complexity index is 302. The number of hydrogen-bond acceptors (Lipinski definition) is 2. The fourth-order valence-electron chi connectivity index (χ4n) is 1.24. The van der Waals surface area contributed by atoms with Crippen LogP contribution in [0.3, 0.4) is 0 Å². The summed E-state index contributed by atoms with van der Waals surface area (Å²) in [5.74, 6) is 2.17. The molecule has 0 aromatic heterocycles. The van der Waals surface area contributed by atoms with Crippen molar-refractivity contribution in [2.45, 2.75) is 38.3 Å². The molecule has 2 amide bonds. The molecule has 0 unspecified atom stereocenters. The van der Waals surface area contributed by atoms with Gasteiger partial charge in [0.15, 0.2) is 0 Å². The van der Waals surface area contributed by atoms with E-state index in [1.165, 1.54) is 0 Å². The molecule has 0 radical (unpaired) electrons. The van der Waals surface area contributed by atoms with E-state index in [1.807, 2.05) is 0 Å². The predicted octanol–water partition coefficient (Wildman–Crippen LogP) is -0.207. The predicted molar refractivity (Wildman–Crippen MR) is 52.2 cm³/mol. The van der Waals surface area contributed by atoms with Crippen LogP contribution in [0, 0.1) is 12.3 Å². The van der Waals surface area contributed by atoms with Gasteiger partial charge >= 0.3 is 0 Å². The molecule has 0 aliphatic carbocycles. The standard InChI is InChI=1S/C10H14N2O2/c1-4-10(2,3)12-9(14)7-5-6-8(13)11-7/h1,7H,5-6H2,2-3H3,(H,11,13)(H,12,14)/t7-/m0/s1. The Labute approximate surface area is 83.4 Å². The first kappa shape index (κ1) is 10.6. The Morgan fingerprint density at radius 1 is 1.71 bits per heavy atom. The Hall–Kier alpha value is -1.50. The fraction of sp³-hybridized carbons (Fsp3) is 0.600. The van der Waals surface area contributed by atoms with Crippen LogP contribution in [0.25, 0.3) is 0 Å². The highest BCUT2D eigenvalue weighted by atomic mass is 16.2. The van der Waals surface area contributed by atoms with Crippen LogP contribution in [0.1, 0.15) is 26.7 Å². The average molecular weight is 194 g/mol. The molecule has 0 bridgehead atoms. The van der Waals surface area contributed by atoms with Gasteiger partial charge in [0.25, 0.3) is 0 Å². The summed E-state index contributed by atoms with van der Waals surface area (Å²) in [6.07, 6.45) is 6.19. The van der Waals surface area contributed by atoms with E-state index < -0.39 is 11.6 Å². The van der Waals surface area contributed by atoms with Crippen molar-refractivity contribution in [3.8, 4) is 12.3 Å². The van der Waals surface area contributed by atoms with Crippen molar-refractivity contribution in [3.63, 3.8) is 0 Å². The van der Waals surface area contributed by atoms with Crippen molar-refractivity contribution in [2.75, 3.05) is 0 Å². The first-order valence-corrected chi connectivity index (χ1v) is 4.54. The van der Waals surface area contributed by atoms with E-state index >= 15 is 0 Å². The molecule has 2 N–H and O–H groups in total. The fourth-order valence-corrected chi connectivity index (χ4v) is 1.24. The number of carbonyl (C=O) groups is 2. The zero-order valence-electron chi connectivity index (χ0n) is 8.39. The monoisotopic (exact) mass is 194 g/mol. The average Bonchev–Trinajstić information content (AvgIpc) is 2.51. The van der Waals surface area contributed by atoms with E-state index in [1.54, 1.807) is 13.8 Å². The molecule has 0 aromatic rings. The topological polar surface area (TPSA) is 58.2 Å². The molecule has 1 atom stereocenters. The maximum atomic E-state index is 11.5. The van der Waals surface area contributed by atoms with Gasteiger partial charge in [-0.2, -0.15) is 0 Å². The second-order valence-electron chi connectivity index (χ2n) is 3.92. The van der Waals surface area contributed by atoms with Crippen molar-refractivity contribution in [2.24, 2.45) is 0 Å². The van der Waals surface area contributed by atoms with E-state index in [0.29, 0.717) is 12.8 Å². The summed E-state index contributed by atoms with van der Waals surface area (Å²) in [6, 6.07) is -0.421. The molecule has 4 heteroatoms. The molecular formula is C10H14N2O2. The van der Waals surface area contributed by atoms with Crippen LogP contribution in [0.4, 0.5) is 0 Å². The Morgan fingerprint density at radius 2 is 2.36 bits per heavy atom. The summed E-state index contributed by atoms with van der Waals surface area (Å²) in [4.78, 5) is 22.4. The normalized spacial score (nSPS) is 21.2. The van der Waals surface area contributed by atoms with E-state index in [-0.39, 0.29) is 11.8 Å². The quantitative estimate of drug-likeness (QED) is 0.598. The minimum Gasteiger partial charge on any atom is -0.344 e. The molecule has 1 fully saturated rings. The highest BCUT2D eigenvalue weighted by Gasteiger charge is 2.29. The lowest BCUT2D eigenvalue weighted by Crippen LogP contribution is -2.50. The Kier molecular flexibility index (Phi) is 2.80. The highest BCUT2D eigenvalue weighted by molar-refractivity contribution is 5.91. The molecule has 1 rings (SSSR count).